The van der Waals surface area contributed by atoms with Crippen molar-refractivity contribution in [3.63, 3.8) is 0 Å². The zero-order valence-corrected chi connectivity index (χ0v) is 12.4. The number of carbonyl (C=O) groups is 1. The molecule has 110 valence electrons. The van der Waals surface area contributed by atoms with E-state index in [2.05, 4.69) is 5.32 Å². The highest BCUT2D eigenvalue weighted by molar-refractivity contribution is 5.83. The first kappa shape index (κ1) is 14.9. The quantitative estimate of drug-likeness (QED) is 0.877. The highest BCUT2D eigenvalue weighted by atomic mass is 16.5. The fraction of sp³-hybridized carbons (Fsp3) is 0.235. The molecule has 0 aliphatic rings. The highest BCUT2D eigenvalue weighted by Gasteiger charge is 2.31. The summed E-state index contributed by atoms with van der Waals surface area (Å²) < 4.78 is 5.12. The van der Waals surface area contributed by atoms with Crippen molar-refractivity contribution in [3.8, 4) is 5.75 Å². The number of hydrogen-bond donors (Lipinski definition) is 2. The lowest BCUT2D eigenvalue weighted by atomic mass is 9.83. The first-order valence-corrected chi connectivity index (χ1v) is 6.69. The fourth-order valence-electron chi connectivity index (χ4n) is 2.08. The molecule has 0 amide bonds. The van der Waals surface area contributed by atoms with Crippen molar-refractivity contribution in [2.45, 2.75) is 19.3 Å². The minimum absolute atomic E-state index is 0.744. The molecule has 2 aromatic rings. The van der Waals surface area contributed by atoms with E-state index >= 15 is 0 Å². The van der Waals surface area contributed by atoms with Gasteiger partial charge in [-0.05, 0) is 49.7 Å². The van der Waals surface area contributed by atoms with Gasteiger partial charge in [-0.2, -0.15) is 0 Å². The molecular weight excluding hydrogens is 266 g/mol. The van der Waals surface area contributed by atoms with Crippen LogP contribution in [0.15, 0.2) is 48.5 Å². The standard InChI is InChI=1S/C17H19NO3/c1-17(2,16(19)20)14-6-4-5-7-15(14)18-12-8-10-13(21-3)11-9-12/h4-11,18H,1-3H3,(H,19,20). The van der Waals surface area contributed by atoms with E-state index in [4.69, 9.17) is 4.74 Å². The topological polar surface area (TPSA) is 58.6 Å². The average Bonchev–Trinajstić information content (AvgIpc) is 2.48. The maximum absolute atomic E-state index is 11.5. The van der Waals surface area contributed by atoms with Crippen molar-refractivity contribution in [3.05, 3.63) is 54.1 Å². The second kappa shape index (κ2) is 5.87. The van der Waals surface area contributed by atoms with E-state index in [1.165, 1.54) is 0 Å². The van der Waals surface area contributed by atoms with Gasteiger partial charge in [0.1, 0.15) is 5.75 Å². The zero-order valence-electron chi connectivity index (χ0n) is 12.4. The predicted molar refractivity (Wildman–Crippen MR) is 83.4 cm³/mol. The molecule has 2 N–H and O–H groups in total. The Morgan fingerprint density at radius 3 is 2.29 bits per heavy atom. The summed E-state index contributed by atoms with van der Waals surface area (Å²) in [5.74, 6) is -0.0776. The molecule has 4 nitrogen and oxygen atoms in total. The van der Waals surface area contributed by atoms with Gasteiger partial charge in [-0.25, -0.2) is 0 Å². The largest absolute Gasteiger partial charge is 0.497 e. The third-order valence-corrected chi connectivity index (χ3v) is 3.50. The second-order valence-electron chi connectivity index (χ2n) is 5.33. The summed E-state index contributed by atoms with van der Waals surface area (Å²) in [4.78, 5) is 11.5. The number of nitrogens with one attached hydrogen (secondary N) is 1. The van der Waals surface area contributed by atoms with E-state index in [0.29, 0.717) is 0 Å². The van der Waals surface area contributed by atoms with Gasteiger partial charge >= 0.3 is 5.97 Å². The van der Waals surface area contributed by atoms with Gasteiger partial charge in [-0.15, -0.1) is 0 Å². The van der Waals surface area contributed by atoms with Crippen molar-refractivity contribution >= 4 is 17.3 Å². The van der Waals surface area contributed by atoms with Crippen molar-refractivity contribution in [1.82, 2.24) is 0 Å². The van der Waals surface area contributed by atoms with Crippen molar-refractivity contribution in [2.24, 2.45) is 0 Å². The molecule has 0 radical (unpaired) electrons. The van der Waals surface area contributed by atoms with E-state index in [9.17, 15) is 9.90 Å². The molecule has 2 rings (SSSR count). The minimum atomic E-state index is -0.962. The Labute approximate surface area is 124 Å². The van der Waals surface area contributed by atoms with Gasteiger partial charge < -0.3 is 15.2 Å². The third kappa shape index (κ3) is 3.16. The molecule has 0 spiro atoms. The monoisotopic (exact) mass is 285 g/mol. The molecule has 0 saturated carbocycles. The fourth-order valence-corrected chi connectivity index (χ4v) is 2.08. The average molecular weight is 285 g/mol. The van der Waals surface area contributed by atoms with Crippen LogP contribution in [0.2, 0.25) is 0 Å². The molecule has 4 heteroatoms. The van der Waals surface area contributed by atoms with Crippen LogP contribution in [0.4, 0.5) is 11.4 Å². The molecule has 0 unspecified atom stereocenters. The van der Waals surface area contributed by atoms with Crippen LogP contribution in [-0.4, -0.2) is 18.2 Å². The Hall–Kier alpha value is -2.49. The number of para-hydroxylation sites is 1. The summed E-state index contributed by atoms with van der Waals surface area (Å²) in [5, 5.41) is 12.7. The Balaban J connectivity index is 2.34. The number of methoxy groups -OCH3 is 1. The van der Waals surface area contributed by atoms with Crippen LogP contribution in [0.1, 0.15) is 19.4 Å². The van der Waals surface area contributed by atoms with E-state index < -0.39 is 11.4 Å². The Morgan fingerprint density at radius 2 is 1.71 bits per heavy atom. The SMILES string of the molecule is COc1ccc(Nc2ccccc2C(C)(C)C(=O)O)cc1. The smallest absolute Gasteiger partial charge is 0.313 e. The van der Waals surface area contributed by atoms with Crippen molar-refractivity contribution in [2.75, 3.05) is 12.4 Å². The maximum Gasteiger partial charge on any atom is 0.313 e. The Morgan fingerprint density at radius 1 is 1.10 bits per heavy atom. The maximum atomic E-state index is 11.5. The van der Waals surface area contributed by atoms with Crippen LogP contribution in [0, 0.1) is 0 Å². The van der Waals surface area contributed by atoms with Crippen molar-refractivity contribution in [1.29, 1.82) is 0 Å². The van der Waals surface area contributed by atoms with Crippen molar-refractivity contribution < 1.29 is 14.6 Å². The summed E-state index contributed by atoms with van der Waals surface area (Å²) >= 11 is 0. The molecule has 0 fully saturated rings. The van der Waals surface area contributed by atoms with Crippen LogP contribution in [0.25, 0.3) is 0 Å². The molecule has 2 aromatic carbocycles. The van der Waals surface area contributed by atoms with E-state index in [-0.39, 0.29) is 0 Å². The molecule has 0 atom stereocenters. The lowest BCUT2D eigenvalue weighted by Crippen LogP contribution is -2.29. The number of anilines is 2. The number of carboxylic acid groups (broad SMARTS) is 1. The Bertz CT molecular complexity index is 633. The summed E-state index contributed by atoms with van der Waals surface area (Å²) in [6.07, 6.45) is 0. The van der Waals surface area contributed by atoms with Gasteiger partial charge in [0.05, 0.1) is 12.5 Å². The zero-order chi connectivity index (χ0) is 15.5. The number of carboxylic acids is 1. The summed E-state index contributed by atoms with van der Waals surface area (Å²) in [6.45, 7) is 3.40. The van der Waals surface area contributed by atoms with Crippen LogP contribution in [0.3, 0.4) is 0 Å². The predicted octanol–water partition coefficient (Wildman–Crippen LogP) is 3.80. The van der Waals surface area contributed by atoms with E-state index in [0.717, 1.165) is 22.7 Å². The molecule has 0 aliphatic heterocycles. The molecule has 0 heterocycles. The lowest BCUT2D eigenvalue weighted by Gasteiger charge is -2.23. The van der Waals surface area contributed by atoms with Crippen LogP contribution in [0.5, 0.6) is 5.75 Å². The summed E-state index contributed by atoms with van der Waals surface area (Å²) in [7, 11) is 1.62. The lowest BCUT2D eigenvalue weighted by molar-refractivity contribution is -0.142. The molecule has 0 aromatic heterocycles. The summed E-state index contributed by atoms with van der Waals surface area (Å²) in [6, 6.07) is 14.9. The number of ether oxygens (including phenoxy) is 1. The van der Waals surface area contributed by atoms with Gasteiger partial charge in [-0.3, -0.25) is 4.79 Å². The first-order chi connectivity index (χ1) is 9.95. The number of rotatable bonds is 5. The molecule has 0 aliphatic carbocycles. The second-order valence-corrected chi connectivity index (χ2v) is 5.33. The van der Waals surface area contributed by atoms with Crippen LogP contribution in [-0.2, 0) is 10.2 Å². The third-order valence-electron chi connectivity index (χ3n) is 3.50. The molecule has 21 heavy (non-hydrogen) atoms. The van der Waals surface area contributed by atoms with Crippen LogP contribution < -0.4 is 10.1 Å². The number of benzene rings is 2. The van der Waals surface area contributed by atoms with Gasteiger partial charge in [0.2, 0.25) is 0 Å². The summed E-state index contributed by atoms with van der Waals surface area (Å²) in [5.41, 5.74) is 1.45. The first-order valence-electron chi connectivity index (χ1n) is 6.69. The Kier molecular flexibility index (Phi) is 4.17. The van der Waals surface area contributed by atoms with Gasteiger partial charge in [-0.1, -0.05) is 18.2 Å². The molecule has 0 saturated heterocycles. The minimum Gasteiger partial charge on any atom is -0.497 e. The van der Waals surface area contributed by atoms with Gasteiger partial charge in [0, 0.05) is 11.4 Å². The highest BCUT2D eigenvalue weighted by Crippen LogP contribution is 2.32. The van der Waals surface area contributed by atoms with E-state index in [1.54, 1.807) is 21.0 Å². The van der Waals surface area contributed by atoms with Gasteiger partial charge in [0.15, 0.2) is 0 Å². The van der Waals surface area contributed by atoms with Gasteiger partial charge in [0.25, 0.3) is 0 Å². The van der Waals surface area contributed by atoms with E-state index in [1.807, 2.05) is 48.5 Å². The normalized spacial score (nSPS) is 11.0. The number of hydrogen-bond acceptors (Lipinski definition) is 3. The number of aliphatic carboxylic acids is 1. The molecule has 0 bridgehead atoms. The molecular formula is C17H19NO3. The van der Waals surface area contributed by atoms with Crippen LogP contribution >= 0.6 is 0 Å².